The molecule has 1 aromatic carbocycles. The number of ketones is 1. The van der Waals surface area contributed by atoms with Crippen LogP contribution in [0.25, 0.3) is 12.2 Å². The van der Waals surface area contributed by atoms with Crippen LogP contribution in [0.5, 0.6) is 0 Å². The van der Waals surface area contributed by atoms with Gasteiger partial charge in [0.2, 0.25) is 0 Å². The van der Waals surface area contributed by atoms with Gasteiger partial charge in [0, 0.05) is 17.8 Å². The number of aliphatic hydroxyl groups is 1. The molecule has 0 amide bonds. The van der Waals surface area contributed by atoms with Crippen molar-refractivity contribution < 1.29 is 19.4 Å². The normalized spacial score (nSPS) is 11.9. The molecule has 0 spiro atoms. The average Bonchev–Trinajstić information content (AvgIpc) is 2.64. The highest BCUT2D eigenvalue weighted by molar-refractivity contribution is 6.06. The lowest BCUT2D eigenvalue weighted by Gasteiger charge is -2.17. The topological polar surface area (TPSA) is 76.5 Å². The number of carbonyl (C=O) groups excluding carboxylic acids is 2. The number of aromatic nitrogens is 1. The largest absolute Gasteiger partial charge is 0.457 e. The molecule has 5 nitrogen and oxygen atoms in total. The fourth-order valence-corrected chi connectivity index (χ4v) is 2.15. The lowest BCUT2D eigenvalue weighted by atomic mass is 10.1. The Kier molecular flexibility index (Phi) is 6.79. The number of nitrogens with zero attached hydrogens (tertiary/aromatic N) is 1. The number of allylic oxidation sites excluding steroid dienone is 1. The van der Waals surface area contributed by atoms with Crippen LogP contribution in [-0.4, -0.2) is 27.4 Å². The number of hydrogen-bond acceptors (Lipinski definition) is 5. The zero-order valence-electron chi connectivity index (χ0n) is 15.7. The quantitative estimate of drug-likeness (QED) is 0.478. The standard InChI is InChI=1S/C22H23NO4/c1-22(2,3)27-21(26)13-11-19-10-6-16(14-23-19)7-12-20(25)18-8-4-17(15-24)5-9-18/h4-14,24H,15H2,1-3H3/b12-7+,13-11+. The first-order valence-electron chi connectivity index (χ1n) is 8.56. The minimum absolute atomic E-state index is 0.0509. The third-order valence-electron chi connectivity index (χ3n) is 3.45. The number of benzene rings is 1. The van der Waals surface area contributed by atoms with Crippen LogP contribution in [0.3, 0.4) is 0 Å². The molecule has 1 N–H and O–H groups in total. The Balaban J connectivity index is 1.97. The minimum Gasteiger partial charge on any atom is -0.457 e. The van der Waals surface area contributed by atoms with Crippen molar-refractivity contribution in [2.24, 2.45) is 0 Å². The van der Waals surface area contributed by atoms with Crippen molar-refractivity contribution >= 4 is 23.9 Å². The molecular formula is C22H23NO4. The van der Waals surface area contributed by atoms with Gasteiger partial charge in [0.05, 0.1) is 12.3 Å². The molecule has 0 saturated heterocycles. The van der Waals surface area contributed by atoms with Gasteiger partial charge in [-0.2, -0.15) is 0 Å². The summed E-state index contributed by atoms with van der Waals surface area (Å²) in [5, 5.41) is 9.02. The minimum atomic E-state index is -0.533. The summed E-state index contributed by atoms with van der Waals surface area (Å²) in [4.78, 5) is 28.0. The predicted octanol–water partition coefficient (Wildman–Crippen LogP) is 3.82. The summed E-state index contributed by atoms with van der Waals surface area (Å²) < 4.78 is 5.19. The number of ether oxygens (including phenoxy) is 1. The van der Waals surface area contributed by atoms with E-state index in [1.807, 2.05) is 0 Å². The number of esters is 1. The van der Waals surface area contributed by atoms with Crippen molar-refractivity contribution in [1.29, 1.82) is 0 Å². The SMILES string of the molecule is CC(C)(C)OC(=O)/C=C/c1ccc(/C=C/C(=O)c2ccc(CO)cc2)cn1. The van der Waals surface area contributed by atoms with Gasteiger partial charge in [-0.25, -0.2) is 4.79 Å². The first kappa shape index (κ1) is 20.3. The number of pyridine rings is 1. The zero-order valence-corrected chi connectivity index (χ0v) is 15.7. The van der Waals surface area contributed by atoms with Gasteiger partial charge in [-0.15, -0.1) is 0 Å². The van der Waals surface area contributed by atoms with Gasteiger partial charge in [-0.05, 0) is 56.2 Å². The molecule has 1 aromatic heterocycles. The summed E-state index contributed by atoms with van der Waals surface area (Å²) in [6.45, 7) is 5.37. The molecule has 0 bridgehead atoms. The second-order valence-electron chi connectivity index (χ2n) is 6.94. The Morgan fingerprint density at radius 1 is 1.04 bits per heavy atom. The number of rotatable bonds is 6. The molecule has 140 valence electrons. The fourth-order valence-electron chi connectivity index (χ4n) is 2.15. The van der Waals surface area contributed by atoms with E-state index >= 15 is 0 Å². The molecule has 1 heterocycles. The van der Waals surface area contributed by atoms with E-state index in [2.05, 4.69) is 4.98 Å². The van der Waals surface area contributed by atoms with Crippen LogP contribution in [-0.2, 0) is 16.1 Å². The lowest BCUT2D eigenvalue weighted by Crippen LogP contribution is -2.22. The molecule has 27 heavy (non-hydrogen) atoms. The van der Waals surface area contributed by atoms with Crippen molar-refractivity contribution in [2.75, 3.05) is 0 Å². The van der Waals surface area contributed by atoms with Gasteiger partial charge in [0.15, 0.2) is 5.78 Å². The number of aliphatic hydroxyl groups excluding tert-OH is 1. The van der Waals surface area contributed by atoms with Crippen LogP contribution >= 0.6 is 0 Å². The fraction of sp³-hybridized carbons (Fsp3) is 0.227. The molecule has 0 aliphatic carbocycles. The lowest BCUT2D eigenvalue weighted by molar-refractivity contribution is -0.148. The maximum atomic E-state index is 12.1. The van der Waals surface area contributed by atoms with Crippen molar-refractivity contribution in [3.63, 3.8) is 0 Å². The Labute approximate surface area is 159 Å². The highest BCUT2D eigenvalue weighted by Gasteiger charge is 2.13. The van der Waals surface area contributed by atoms with Gasteiger partial charge in [-0.1, -0.05) is 30.3 Å². The summed E-state index contributed by atoms with van der Waals surface area (Å²) in [5.41, 5.74) is 2.16. The van der Waals surface area contributed by atoms with E-state index in [4.69, 9.17) is 9.84 Å². The van der Waals surface area contributed by atoms with Crippen LogP contribution in [0.15, 0.2) is 54.7 Å². The monoisotopic (exact) mass is 365 g/mol. The number of hydrogen-bond donors (Lipinski definition) is 1. The van der Waals surface area contributed by atoms with E-state index in [-0.39, 0.29) is 12.4 Å². The Bertz CT molecular complexity index is 841. The van der Waals surface area contributed by atoms with Gasteiger partial charge >= 0.3 is 5.97 Å². The smallest absolute Gasteiger partial charge is 0.331 e. The summed E-state index contributed by atoms with van der Waals surface area (Å²) in [5.74, 6) is -0.556. The maximum Gasteiger partial charge on any atom is 0.331 e. The maximum absolute atomic E-state index is 12.1. The van der Waals surface area contributed by atoms with Gasteiger partial charge < -0.3 is 9.84 Å². The predicted molar refractivity (Wildman–Crippen MR) is 105 cm³/mol. The Hall–Kier alpha value is -3.05. The Morgan fingerprint density at radius 2 is 1.74 bits per heavy atom. The molecule has 0 radical (unpaired) electrons. The number of carbonyl (C=O) groups is 2. The highest BCUT2D eigenvalue weighted by atomic mass is 16.6. The second-order valence-corrected chi connectivity index (χ2v) is 6.94. The van der Waals surface area contributed by atoms with Crippen molar-refractivity contribution in [3.05, 3.63) is 77.1 Å². The second kappa shape index (κ2) is 9.05. The van der Waals surface area contributed by atoms with E-state index < -0.39 is 11.6 Å². The molecule has 2 rings (SSSR count). The van der Waals surface area contributed by atoms with E-state index in [1.54, 1.807) is 75.5 Å². The van der Waals surface area contributed by atoms with Crippen molar-refractivity contribution in [2.45, 2.75) is 33.0 Å². The van der Waals surface area contributed by atoms with Gasteiger partial charge in [0.1, 0.15) is 5.60 Å². The first-order valence-corrected chi connectivity index (χ1v) is 8.56. The average molecular weight is 365 g/mol. The molecule has 0 fully saturated rings. The van der Waals surface area contributed by atoms with Crippen molar-refractivity contribution in [1.82, 2.24) is 4.98 Å². The molecule has 0 saturated carbocycles. The third kappa shape index (κ3) is 6.99. The van der Waals surface area contributed by atoms with Gasteiger partial charge in [0.25, 0.3) is 0 Å². The zero-order chi connectivity index (χ0) is 19.9. The van der Waals surface area contributed by atoms with Crippen LogP contribution in [0.2, 0.25) is 0 Å². The van der Waals surface area contributed by atoms with E-state index in [9.17, 15) is 9.59 Å². The molecule has 0 aliphatic rings. The molecule has 0 unspecified atom stereocenters. The van der Waals surface area contributed by atoms with Crippen LogP contribution in [0.1, 0.15) is 48.0 Å². The summed E-state index contributed by atoms with van der Waals surface area (Å²) in [6, 6.07) is 10.4. The van der Waals surface area contributed by atoms with Crippen LogP contribution in [0, 0.1) is 0 Å². The van der Waals surface area contributed by atoms with E-state index in [0.29, 0.717) is 11.3 Å². The molecule has 2 aromatic rings. The molecule has 5 heteroatoms. The molecule has 0 atom stereocenters. The highest BCUT2D eigenvalue weighted by Crippen LogP contribution is 2.10. The van der Waals surface area contributed by atoms with Crippen LogP contribution in [0.4, 0.5) is 0 Å². The van der Waals surface area contributed by atoms with Gasteiger partial charge in [-0.3, -0.25) is 9.78 Å². The van der Waals surface area contributed by atoms with E-state index in [1.165, 1.54) is 12.2 Å². The van der Waals surface area contributed by atoms with Crippen LogP contribution < -0.4 is 0 Å². The molecular weight excluding hydrogens is 342 g/mol. The summed E-state index contributed by atoms with van der Waals surface area (Å²) in [6.07, 6.45) is 7.68. The first-order chi connectivity index (χ1) is 12.8. The third-order valence-corrected chi connectivity index (χ3v) is 3.45. The summed E-state index contributed by atoms with van der Waals surface area (Å²) in [7, 11) is 0. The molecule has 0 aliphatic heterocycles. The summed E-state index contributed by atoms with van der Waals surface area (Å²) >= 11 is 0. The van der Waals surface area contributed by atoms with Crippen molar-refractivity contribution in [3.8, 4) is 0 Å². The van der Waals surface area contributed by atoms with E-state index in [0.717, 1.165) is 11.1 Å². The Morgan fingerprint density at radius 3 is 2.30 bits per heavy atom.